The lowest BCUT2D eigenvalue weighted by Crippen LogP contribution is -2.27. The van der Waals surface area contributed by atoms with E-state index in [0.717, 1.165) is 13.0 Å². The zero-order valence-corrected chi connectivity index (χ0v) is 9.71. The van der Waals surface area contributed by atoms with Crippen LogP contribution in [0, 0.1) is 0 Å². The number of carboxylic acid groups (broad SMARTS) is 1. The summed E-state index contributed by atoms with van der Waals surface area (Å²) in [5.74, 6) is -2.98. The standard InChI is InChI=1S/C8H13NO2.C2HF3O2/c1-6-3-8(9-4-6)5-11-7(2)10;3-2(4,5)1(6)7/h8-9H,1,3-5H2,2H3;(H,6,7)/t8-;/m0./s1. The van der Waals surface area contributed by atoms with Crippen LogP contribution in [0.25, 0.3) is 0 Å². The summed E-state index contributed by atoms with van der Waals surface area (Å²) in [5.41, 5.74) is 1.18. The van der Waals surface area contributed by atoms with Gasteiger partial charge in [-0.2, -0.15) is 13.2 Å². The van der Waals surface area contributed by atoms with Gasteiger partial charge in [-0.05, 0) is 6.42 Å². The van der Waals surface area contributed by atoms with Crippen molar-refractivity contribution in [2.45, 2.75) is 25.6 Å². The van der Waals surface area contributed by atoms with Crippen molar-refractivity contribution in [3.05, 3.63) is 12.2 Å². The number of rotatable bonds is 2. The molecule has 0 aromatic rings. The van der Waals surface area contributed by atoms with E-state index in [4.69, 9.17) is 14.6 Å². The zero-order valence-electron chi connectivity index (χ0n) is 9.71. The van der Waals surface area contributed by atoms with E-state index in [-0.39, 0.29) is 12.0 Å². The van der Waals surface area contributed by atoms with Crippen LogP contribution in [-0.4, -0.2) is 42.4 Å². The van der Waals surface area contributed by atoms with Crippen molar-refractivity contribution in [3.8, 4) is 0 Å². The second-order valence-electron chi connectivity index (χ2n) is 3.64. The molecule has 0 amide bonds. The fraction of sp³-hybridized carbons (Fsp3) is 0.600. The lowest BCUT2D eigenvalue weighted by molar-refractivity contribution is -0.192. The highest BCUT2D eigenvalue weighted by molar-refractivity contribution is 5.73. The smallest absolute Gasteiger partial charge is 0.475 e. The summed E-state index contributed by atoms with van der Waals surface area (Å²) in [6, 6.07) is 0.284. The zero-order chi connectivity index (χ0) is 14.3. The highest BCUT2D eigenvalue weighted by atomic mass is 19.4. The number of aliphatic carboxylic acids is 1. The van der Waals surface area contributed by atoms with Gasteiger partial charge in [0.1, 0.15) is 6.61 Å². The van der Waals surface area contributed by atoms with Crippen molar-refractivity contribution in [1.29, 1.82) is 0 Å². The largest absolute Gasteiger partial charge is 0.490 e. The lowest BCUT2D eigenvalue weighted by atomic mass is 10.2. The Morgan fingerprint density at radius 1 is 1.56 bits per heavy atom. The number of esters is 1. The predicted molar refractivity (Wildman–Crippen MR) is 55.9 cm³/mol. The van der Waals surface area contributed by atoms with Gasteiger partial charge < -0.3 is 15.2 Å². The topological polar surface area (TPSA) is 75.6 Å². The van der Waals surface area contributed by atoms with Crippen LogP contribution in [0.3, 0.4) is 0 Å². The molecule has 0 saturated carbocycles. The molecule has 0 unspecified atom stereocenters. The minimum atomic E-state index is -5.08. The van der Waals surface area contributed by atoms with Crippen LogP contribution >= 0.6 is 0 Å². The number of nitrogens with one attached hydrogen (secondary N) is 1. The molecule has 1 rings (SSSR count). The summed E-state index contributed by atoms with van der Waals surface area (Å²) in [4.78, 5) is 19.3. The van der Waals surface area contributed by atoms with Crippen LogP contribution in [0.1, 0.15) is 13.3 Å². The normalized spacial score (nSPS) is 18.9. The van der Waals surface area contributed by atoms with E-state index in [0.29, 0.717) is 6.61 Å². The van der Waals surface area contributed by atoms with Crippen molar-refractivity contribution in [1.82, 2.24) is 5.32 Å². The quantitative estimate of drug-likeness (QED) is 0.580. The average Bonchev–Trinajstić information content (AvgIpc) is 2.60. The molecule has 1 atom stereocenters. The average molecular weight is 269 g/mol. The summed E-state index contributed by atoms with van der Waals surface area (Å²) in [7, 11) is 0. The molecule has 0 spiro atoms. The Bertz CT molecular complexity index is 328. The third-order valence-electron chi connectivity index (χ3n) is 1.91. The van der Waals surface area contributed by atoms with E-state index >= 15 is 0 Å². The van der Waals surface area contributed by atoms with Gasteiger partial charge in [-0.3, -0.25) is 4.79 Å². The summed E-state index contributed by atoms with van der Waals surface area (Å²) < 4.78 is 36.6. The lowest BCUT2D eigenvalue weighted by Gasteiger charge is -2.08. The van der Waals surface area contributed by atoms with Gasteiger partial charge in [-0.25, -0.2) is 4.79 Å². The Balaban J connectivity index is 0.000000360. The van der Waals surface area contributed by atoms with Gasteiger partial charge in [-0.1, -0.05) is 12.2 Å². The van der Waals surface area contributed by atoms with E-state index in [9.17, 15) is 18.0 Å². The molecular weight excluding hydrogens is 255 g/mol. The first-order valence-electron chi connectivity index (χ1n) is 4.96. The maximum absolute atomic E-state index is 10.6. The van der Waals surface area contributed by atoms with Crippen molar-refractivity contribution in [3.63, 3.8) is 0 Å². The Labute approximate surface area is 102 Å². The third kappa shape index (κ3) is 7.66. The molecule has 5 nitrogen and oxygen atoms in total. The van der Waals surface area contributed by atoms with Gasteiger partial charge in [0.25, 0.3) is 0 Å². The number of hydrogen-bond donors (Lipinski definition) is 2. The first-order valence-corrected chi connectivity index (χ1v) is 4.96. The second-order valence-corrected chi connectivity index (χ2v) is 3.64. The Kier molecular flexibility index (Phi) is 6.39. The minimum Gasteiger partial charge on any atom is -0.475 e. The Hall–Kier alpha value is -1.57. The first-order chi connectivity index (χ1) is 8.12. The predicted octanol–water partition coefficient (Wildman–Crippen LogP) is 1.10. The molecule has 1 saturated heterocycles. The maximum atomic E-state index is 10.6. The fourth-order valence-corrected chi connectivity index (χ4v) is 1.12. The monoisotopic (exact) mass is 269 g/mol. The number of alkyl halides is 3. The molecule has 0 aliphatic carbocycles. The molecular formula is C10H14F3NO4. The van der Waals surface area contributed by atoms with Crippen molar-refractivity contribution in [2.75, 3.05) is 13.2 Å². The molecule has 0 aromatic carbocycles. The third-order valence-corrected chi connectivity index (χ3v) is 1.91. The van der Waals surface area contributed by atoms with Crippen LogP contribution in [0.2, 0.25) is 0 Å². The molecule has 1 heterocycles. The van der Waals surface area contributed by atoms with Gasteiger partial charge in [0.05, 0.1) is 0 Å². The highest BCUT2D eigenvalue weighted by Crippen LogP contribution is 2.13. The van der Waals surface area contributed by atoms with E-state index in [1.807, 2.05) is 0 Å². The van der Waals surface area contributed by atoms with Gasteiger partial charge in [0.2, 0.25) is 0 Å². The van der Waals surface area contributed by atoms with Crippen LogP contribution in [0.5, 0.6) is 0 Å². The number of carbonyl (C=O) groups is 2. The van der Waals surface area contributed by atoms with Gasteiger partial charge in [0, 0.05) is 19.5 Å². The Morgan fingerprint density at radius 3 is 2.33 bits per heavy atom. The van der Waals surface area contributed by atoms with Gasteiger partial charge in [-0.15, -0.1) is 0 Å². The van der Waals surface area contributed by atoms with E-state index in [1.165, 1.54) is 12.5 Å². The summed E-state index contributed by atoms with van der Waals surface area (Å²) in [6.07, 6.45) is -4.16. The van der Waals surface area contributed by atoms with Gasteiger partial charge in [0.15, 0.2) is 0 Å². The molecule has 0 bridgehead atoms. The number of ether oxygens (including phenoxy) is 1. The molecule has 18 heavy (non-hydrogen) atoms. The van der Waals surface area contributed by atoms with E-state index in [1.54, 1.807) is 0 Å². The molecule has 104 valence electrons. The van der Waals surface area contributed by atoms with E-state index in [2.05, 4.69) is 11.9 Å². The van der Waals surface area contributed by atoms with Crippen LogP contribution < -0.4 is 5.32 Å². The maximum Gasteiger partial charge on any atom is 0.490 e. The summed E-state index contributed by atoms with van der Waals surface area (Å²) >= 11 is 0. The van der Waals surface area contributed by atoms with Gasteiger partial charge >= 0.3 is 18.1 Å². The number of halogens is 3. The SMILES string of the molecule is C=C1CN[C@H](COC(C)=O)C1.O=C(O)C(F)(F)F. The second kappa shape index (κ2) is 7.00. The molecule has 0 aromatic heterocycles. The van der Waals surface area contributed by atoms with Crippen LogP contribution in [0.4, 0.5) is 13.2 Å². The molecule has 1 aliphatic heterocycles. The number of hydrogen-bond acceptors (Lipinski definition) is 4. The highest BCUT2D eigenvalue weighted by Gasteiger charge is 2.38. The fourth-order valence-electron chi connectivity index (χ4n) is 1.12. The summed E-state index contributed by atoms with van der Waals surface area (Å²) in [5, 5.41) is 10.3. The van der Waals surface area contributed by atoms with Crippen molar-refractivity contribution >= 4 is 11.9 Å². The molecule has 1 fully saturated rings. The molecule has 0 radical (unpaired) electrons. The van der Waals surface area contributed by atoms with Crippen LogP contribution in [0.15, 0.2) is 12.2 Å². The van der Waals surface area contributed by atoms with Crippen LogP contribution in [-0.2, 0) is 14.3 Å². The Morgan fingerprint density at radius 2 is 2.06 bits per heavy atom. The van der Waals surface area contributed by atoms with E-state index < -0.39 is 12.1 Å². The van der Waals surface area contributed by atoms with Crippen molar-refractivity contribution in [2.24, 2.45) is 0 Å². The molecule has 1 aliphatic rings. The molecule has 8 heteroatoms. The number of carboxylic acids is 1. The number of carbonyl (C=O) groups excluding carboxylic acids is 1. The minimum absolute atomic E-state index is 0.218. The van der Waals surface area contributed by atoms with Crippen molar-refractivity contribution < 1.29 is 32.6 Å². The molecule has 2 N–H and O–H groups in total. The summed E-state index contributed by atoms with van der Waals surface area (Å²) in [6.45, 7) is 6.57. The first kappa shape index (κ1) is 16.4.